The maximum Gasteiger partial charge on any atom is 0.387 e. The molecule has 2 N–H and O–H groups in total. The van der Waals surface area contributed by atoms with Crippen molar-refractivity contribution in [3.63, 3.8) is 0 Å². The average molecular weight is 542 g/mol. The Morgan fingerprint density at radius 2 is 1.84 bits per heavy atom. The van der Waals surface area contributed by atoms with Gasteiger partial charge in [-0.25, -0.2) is 0 Å². The van der Waals surface area contributed by atoms with E-state index in [1.54, 1.807) is 38.4 Å². The lowest BCUT2D eigenvalue weighted by molar-refractivity contribution is -0.0520. The number of pyridine rings is 1. The highest BCUT2D eigenvalue weighted by atomic mass is 127. The number of benzene rings is 2. The minimum absolute atomic E-state index is 0. The van der Waals surface area contributed by atoms with Gasteiger partial charge in [-0.3, -0.25) is 9.98 Å². The van der Waals surface area contributed by atoms with Crippen LogP contribution in [0, 0.1) is 0 Å². The predicted molar refractivity (Wildman–Crippen MR) is 128 cm³/mol. The largest absolute Gasteiger partial charge is 0.490 e. The lowest BCUT2D eigenvalue weighted by Gasteiger charge is -2.17. The second kappa shape index (κ2) is 12.2. The first kappa shape index (κ1) is 24.6. The van der Waals surface area contributed by atoms with E-state index in [2.05, 4.69) is 20.6 Å². The van der Waals surface area contributed by atoms with E-state index in [0.29, 0.717) is 24.7 Å². The number of aliphatic imine (C=N–C) groups is 1. The van der Waals surface area contributed by atoms with Crippen LogP contribution in [0.5, 0.6) is 11.5 Å². The molecule has 2 aromatic carbocycles. The van der Waals surface area contributed by atoms with Crippen LogP contribution in [0.1, 0.15) is 18.2 Å². The van der Waals surface area contributed by atoms with Crippen molar-refractivity contribution in [3.05, 3.63) is 66.0 Å². The molecule has 0 bridgehead atoms. The molecule has 3 rings (SSSR count). The van der Waals surface area contributed by atoms with Crippen LogP contribution in [0.4, 0.5) is 8.78 Å². The molecule has 1 aromatic heterocycles. The Bertz CT molecular complexity index is 1010. The third-order valence-electron chi connectivity index (χ3n) is 4.42. The molecule has 31 heavy (non-hydrogen) atoms. The van der Waals surface area contributed by atoms with Crippen LogP contribution in [0.3, 0.4) is 0 Å². The highest BCUT2D eigenvalue weighted by Gasteiger charge is 2.16. The van der Waals surface area contributed by atoms with Gasteiger partial charge in [0.15, 0.2) is 17.5 Å². The Morgan fingerprint density at radius 3 is 2.58 bits per heavy atom. The second-order valence-corrected chi connectivity index (χ2v) is 6.31. The zero-order valence-corrected chi connectivity index (χ0v) is 19.6. The summed E-state index contributed by atoms with van der Waals surface area (Å²) in [7, 11) is 1.64. The third kappa shape index (κ3) is 6.65. The molecule has 0 spiro atoms. The van der Waals surface area contributed by atoms with E-state index in [-0.39, 0.29) is 42.0 Å². The van der Waals surface area contributed by atoms with E-state index >= 15 is 0 Å². The topological polar surface area (TPSA) is 67.8 Å². The molecular weight excluding hydrogens is 517 g/mol. The molecule has 0 aliphatic rings. The lowest BCUT2D eigenvalue weighted by atomic mass is 10.1. The van der Waals surface area contributed by atoms with Gasteiger partial charge < -0.3 is 20.1 Å². The summed E-state index contributed by atoms with van der Waals surface area (Å²) in [6, 6.07) is 15.0. The maximum absolute atomic E-state index is 12.9. The summed E-state index contributed by atoms with van der Waals surface area (Å²) < 4.78 is 35.9. The van der Waals surface area contributed by atoms with Crippen molar-refractivity contribution >= 4 is 40.7 Å². The van der Waals surface area contributed by atoms with E-state index in [4.69, 9.17) is 9.47 Å². The minimum atomic E-state index is -2.94. The lowest BCUT2D eigenvalue weighted by Crippen LogP contribution is -2.36. The van der Waals surface area contributed by atoms with E-state index in [9.17, 15) is 8.78 Å². The number of alkyl halides is 2. The van der Waals surface area contributed by atoms with Crippen molar-refractivity contribution in [3.8, 4) is 11.5 Å². The minimum Gasteiger partial charge on any atom is -0.490 e. The Morgan fingerprint density at radius 1 is 1.06 bits per heavy atom. The number of nitrogens with zero attached hydrogens (tertiary/aromatic N) is 2. The van der Waals surface area contributed by atoms with E-state index in [0.717, 1.165) is 16.5 Å². The zero-order valence-electron chi connectivity index (χ0n) is 17.3. The fourth-order valence-corrected chi connectivity index (χ4v) is 3.08. The molecule has 0 saturated heterocycles. The highest BCUT2D eigenvalue weighted by molar-refractivity contribution is 14.0. The Labute approximate surface area is 197 Å². The summed E-state index contributed by atoms with van der Waals surface area (Å²) >= 11 is 0. The van der Waals surface area contributed by atoms with Crippen molar-refractivity contribution in [2.24, 2.45) is 4.99 Å². The molecule has 0 atom stereocenters. The fraction of sp³-hybridized carbons (Fsp3) is 0.273. The molecule has 6 nitrogen and oxygen atoms in total. The Balaban J connectivity index is 0.00000341. The van der Waals surface area contributed by atoms with Crippen molar-refractivity contribution in [2.75, 3.05) is 13.7 Å². The number of guanidine groups is 1. The molecule has 0 radical (unpaired) electrons. The van der Waals surface area contributed by atoms with Crippen LogP contribution < -0.4 is 20.1 Å². The fourth-order valence-electron chi connectivity index (χ4n) is 3.08. The normalized spacial score (nSPS) is 11.2. The van der Waals surface area contributed by atoms with Gasteiger partial charge in [0.1, 0.15) is 0 Å². The SMILES string of the molecule is CCOc1cccc(CNC(=NC)NCc2nccc3ccccc23)c1OC(F)F.I. The van der Waals surface area contributed by atoms with Crippen LogP contribution >= 0.6 is 24.0 Å². The third-order valence-corrected chi connectivity index (χ3v) is 4.42. The van der Waals surface area contributed by atoms with Crippen LogP contribution in [0.25, 0.3) is 10.8 Å². The predicted octanol–water partition coefficient (Wildman–Crippen LogP) is 4.72. The zero-order chi connectivity index (χ0) is 21.3. The molecule has 0 aliphatic carbocycles. The number of ether oxygens (including phenoxy) is 2. The van der Waals surface area contributed by atoms with Crippen LogP contribution in [-0.2, 0) is 13.1 Å². The molecular formula is C22H25F2IN4O2. The van der Waals surface area contributed by atoms with Crippen molar-refractivity contribution in [2.45, 2.75) is 26.6 Å². The summed E-state index contributed by atoms with van der Waals surface area (Å²) in [4.78, 5) is 8.64. The van der Waals surface area contributed by atoms with Gasteiger partial charge in [-0.2, -0.15) is 8.78 Å². The number of nitrogens with one attached hydrogen (secondary N) is 2. The number of para-hydroxylation sites is 1. The maximum atomic E-state index is 12.9. The molecule has 0 amide bonds. The van der Waals surface area contributed by atoms with Gasteiger partial charge in [0.25, 0.3) is 0 Å². The van der Waals surface area contributed by atoms with E-state index < -0.39 is 6.61 Å². The molecule has 0 fully saturated rings. The highest BCUT2D eigenvalue weighted by Crippen LogP contribution is 2.32. The van der Waals surface area contributed by atoms with Crippen LogP contribution in [0.15, 0.2) is 59.7 Å². The van der Waals surface area contributed by atoms with Gasteiger partial charge in [0.2, 0.25) is 0 Å². The summed E-state index contributed by atoms with van der Waals surface area (Å²) in [5.74, 6) is 0.808. The molecule has 0 saturated carbocycles. The van der Waals surface area contributed by atoms with E-state index in [1.165, 1.54) is 0 Å². The quantitative estimate of drug-likeness (QED) is 0.245. The Kier molecular flexibility index (Phi) is 9.70. The molecule has 1 heterocycles. The van der Waals surface area contributed by atoms with Crippen molar-refractivity contribution < 1.29 is 18.3 Å². The second-order valence-electron chi connectivity index (χ2n) is 6.31. The summed E-state index contributed by atoms with van der Waals surface area (Å²) in [6.07, 6.45) is 1.77. The van der Waals surface area contributed by atoms with Gasteiger partial charge in [0, 0.05) is 30.7 Å². The number of hydrogen-bond donors (Lipinski definition) is 2. The number of rotatable bonds is 8. The van der Waals surface area contributed by atoms with Gasteiger partial charge in [-0.1, -0.05) is 36.4 Å². The molecule has 166 valence electrons. The van der Waals surface area contributed by atoms with Gasteiger partial charge in [-0.05, 0) is 24.4 Å². The van der Waals surface area contributed by atoms with Crippen molar-refractivity contribution in [1.82, 2.24) is 15.6 Å². The monoisotopic (exact) mass is 542 g/mol. The first-order valence-corrected chi connectivity index (χ1v) is 9.59. The van der Waals surface area contributed by atoms with Crippen LogP contribution in [-0.4, -0.2) is 31.2 Å². The van der Waals surface area contributed by atoms with Crippen LogP contribution in [0.2, 0.25) is 0 Å². The van der Waals surface area contributed by atoms with Gasteiger partial charge in [-0.15, -0.1) is 24.0 Å². The summed E-state index contributed by atoms with van der Waals surface area (Å²) in [6.45, 7) is -0.131. The number of fused-ring (bicyclic) bond motifs is 1. The first-order chi connectivity index (χ1) is 14.6. The molecule has 0 unspecified atom stereocenters. The molecule has 9 heteroatoms. The number of halogens is 3. The number of aromatic nitrogens is 1. The Hall–Kier alpha value is -2.69. The summed E-state index contributed by atoms with van der Waals surface area (Å²) in [5, 5.41) is 8.48. The average Bonchev–Trinajstić information content (AvgIpc) is 2.75. The first-order valence-electron chi connectivity index (χ1n) is 9.59. The van der Waals surface area contributed by atoms with Gasteiger partial charge in [0.05, 0.1) is 18.8 Å². The van der Waals surface area contributed by atoms with Gasteiger partial charge >= 0.3 is 6.61 Å². The molecule has 3 aromatic rings. The smallest absolute Gasteiger partial charge is 0.387 e. The molecule has 0 aliphatic heterocycles. The van der Waals surface area contributed by atoms with Crippen molar-refractivity contribution in [1.29, 1.82) is 0 Å². The van der Waals surface area contributed by atoms with E-state index in [1.807, 2.05) is 30.3 Å². The summed E-state index contributed by atoms with van der Waals surface area (Å²) in [5.41, 5.74) is 1.42. The standard InChI is InChI=1S/C22H24F2N4O2.HI/c1-3-29-19-10-6-8-16(20(19)30-21(23)24)13-27-22(25-2)28-14-18-17-9-5-4-7-15(17)11-12-26-18;/h4-12,21H,3,13-14H2,1-2H3,(H2,25,27,28);1H. The number of hydrogen-bond acceptors (Lipinski definition) is 4.